The number of nitrogens with zero attached hydrogens (tertiary/aromatic N) is 1. The number of rotatable bonds is 2. The minimum absolute atomic E-state index is 0.206. The number of carbonyl (C=O) groups is 1. The average Bonchev–Trinajstić information content (AvgIpc) is 2.82. The number of halogens is 2. The molecule has 0 bridgehead atoms. The molecule has 0 radical (unpaired) electrons. The lowest BCUT2D eigenvalue weighted by Crippen LogP contribution is -2.11. The molecule has 0 saturated heterocycles. The fraction of sp³-hybridized carbons (Fsp3) is 0. The molecule has 0 saturated carbocycles. The Labute approximate surface area is 138 Å². The molecule has 0 aliphatic heterocycles. The van der Waals surface area contributed by atoms with E-state index < -0.39 is 0 Å². The first-order valence-electron chi connectivity index (χ1n) is 5.95. The Morgan fingerprint density at radius 1 is 1.29 bits per heavy atom. The highest BCUT2D eigenvalue weighted by atomic mass is 79.9. The van der Waals surface area contributed by atoms with E-state index in [1.807, 2.05) is 0 Å². The molecule has 0 fully saturated rings. The van der Waals surface area contributed by atoms with E-state index >= 15 is 0 Å². The van der Waals surface area contributed by atoms with Gasteiger partial charge in [-0.1, -0.05) is 22.9 Å². The van der Waals surface area contributed by atoms with Crippen LogP contribution >= 0.6 is 38.9 Å². The molecule has 0 unspecified atom stereocenters. The quantitative estimate of drug-likeness (QED) is 0.683. The van der Waals surface area contributed by atoms with Crippen LogP contribution in [0, 0.1) is 0 Å². The summed E-state index contributed by atoms with van der Waals surface area (Å²) >= 11 is 10.7. The number of nitrogens with two attached hydrogens (primary N) is 1. The van der Waals surface area contributed by atoms with Gasteiger partial charge in [0.25, 0.3) is 5.91 Å². The van der Waals surface area contributed by atoms with Gasteiger partial charge in [-0.15, -0.1) is 0 Å². The maximum atomic E-state index is 12.2. The number of hydrogen-bond donors (Lipinski definition) is 2. The number of carbonyl (C=O) groups excluding carboxylic acids is 1. The first-order valence-corrected chi connectivity index (χ1v) is 7.94. The fourth-order valence-electron chi connectivity index (χ4n) is 1.86. The monoisotopic (exact) mass is 381 g/mol. The van der Waals surface area contributed by atoms with Crippen molar-refractivity contribution in [1.29, 1.82) is 0 Å². The van der Waals surface area contributed by atoms with Crippen molar-refractivity contribution in [3.63, 3.8) is 0 Å². The van der Waals surface area contributed by atoms with Crippen molar-refractivity contribution in [1.82, 2.24) is 4.98 Å². The van der Waals surface area contributed by atoms with Crippen molar-refractivity contribution in [2.75, 3.05) is 11.1 Å². The average molecular weight is 383 g/mol. The molecule has 7 heteroatoms. The summed E-state index contributed by atoms with van der Waals surface area (Å²) in [6.07, 6.45) is 0. The summed E-state index contributed by atoms with van der Waals surface area (Å²) in [5.41, 5.74) is 7.63. The van der Waals surface area contributed by atoms with Gasteiger partial charge < -0.3 is 11.1 Å². The predicted octanol–water partition coefficient (Wildman–Crippen LogP) is 4.55. The summed E-state index contributed by atoms with van der Waals surface area (Å²) in [5, 5.41) is 3.83. The van der Waals surface area contributed by atoms with Crippen molar-refractivity contribution in [3.8, 4) is 0 Å². The Balaban J connectivity index is 1.87. The van der Waals surface area contributed by atoms with Gasteiger partial charge in [0.1, 0.15) is 0 Å². The first-order chi connectivity index (χ1) is 10.0. The van der Waals surface area contributed by atoms with E-state index in [0.29, 0.717) is 21.4 Å². The van der Waals surface area contributed by atoms with E-state index in [1.165, 1.54) is 11.3 Å². The van der Waals surface area contributed by atoms with Gasteiger partial charge in [0.15, 0.2) is 5.13 Å². The number of aromatic nitrogens is 1. The van der Waals surface area contributed by atoms with Crippen molar-refractivity contribution in [3.05, 3.63) is 51.5 Å². The van der Waals surface area contributed by atoms with E-state index in [2.05, 4.69) is 26.2 Å². The van der Waals surface area contributed by atoms with Gasteiger partial charge in [-0.2, -0.15) is 0 Å². The minimum Gasteiger partial charge on any atom is -0.375 e. The summed E-state index contributed by atoms with van der Waals surface area (Å²) < 4.78 is 1.66. The molecule has 4 nitrogen and oxygen atoms in total. The number of anilines is 2. The summed E-state index contributed by atoms with van der Waals surface area (Å²) in [6.45, 7) is 0. The van der Waals surface area contributed by atoms with E-state index in [4.69, 9.17) is 17.3 Å². The molecule has 3 N–H and O–H groups in total. The van der Waals surface area contributed by atoms with Crippen LogP contribution in [0.5, 0.6) is 0 Å². The molecular weight excluding hydrogens is 374 g/mol. The Morgan fingerprint density at radius 3 is 2.86 bits per heavy atom. The molecular formula is C14H9BrClN3OS. The number of thiazole rings is 1. The van der Waals surface area contributed by atoms with Crippen molar-refractivity contribution in [2.45, 2.75) is 0 Å². The molecule has 1 aromatic heterocycles. The molecule has 21 heavy (non-hydrogen) atoms. The van der Waals surface area contributed by atoms with E-state index in [0.717, 1.165) is 14.7 Å². The van der Waals surface area contributed by atoms with Crippen LogP contribution in [0.3, 0.4) is 0 Å². The van der Waals surface area contributed by atoms with E-state index in [9.17, 15) is 4.79 Å². The molecule has 106 valence electrons. The van der Waals surface area contributed by atoms with Crippen LogP contribution < -0.4 is 11.1 Å². The molecule has 3 rings (SSSR count). The molecule has 2 aromatic carbocycles. The number of nitrogens with one attached hydrogen (secondary N) is 1. The zero-order chi connectivity index (χ0) is 15.0. The summed E-state index contributed by atoms with van der Waals surface area (Å²) in [7, 11) is 0. The zero-order valence-electron chi connectivity index (χ0n) is 10.6. The number of hydrogen-bond acceptors (Lipinski definition) is 4. The van der Waals surface area contributed by atoms with Gasteiger partial charge in [-0.3, -0.25) is 4.79 Å². The second kappa shape index (κ2) is 5.63. The summed E-state index contributed by atoms with van der Waals surface area (Å²) in [6, 6.07) is 10.5. The lowest BCUT2D eigenvalue weighted by Gasteiger charge is -2.06. The van der Waals surface area contributed by atoms with E-state index in [1.54, 1.807) is 36.4 Å². The molecule has 3 aromatic rings. The van der Waals surface area contributed by atoms with Crippen LogP contribution in [0.2, 0.25) is 5.02 Å². The second-order valence-corrected chi connectivity index (χ2v) is 6.64. The number of fused-ring (bicyclic) bond motifs is 1. The van der Waals surface area contributed by atoms with Gasteiger partial charge in [0, 0.05) is 15.7 Å². The number of amides is 1. The lowest BCUT2D eigenvalue weighted by atomic mass is 10.2. The molecule has 1 amide bonds. The number of nitrogen functional groups attached to an aromatic ring is 1. The largest absolute Gasteiger partial charge is 0.375 e. The van der Waals surface area contributed by atoms with Crippen LogP contribution in [0.1, 0.15) is 10.4 Å². The highest BCUT2D eigenvalue weighted by molar-refractivity contribution is 9.10. The zero-order valence-corrected chi connectivity index (χ0v) is 13.7. The highest BCUT2D eigenvalue weighted by Crippen LogP contribution is 2.27. The fourth-order valence-corrected chi connectivity index (χ4v) is 3.06. The van der Waals surface area contributed by atoms with Crippen LogP contribution in [-0.4, -0.2) is 10.9 Å². The Kier molecular flexibility index (Phi) is 3.84. The van der Waals surface area contributed by atoms with Crippen LogP contribution in [0.15, 0.2) is 40.9 Å². The van der Waals surface area contributed by atoms with E-state index in [-0.39, 0.29) is 5.91 Å². The third kappa shape index (κ3) is 3.02. The Hall–Kier alpha value is -1.63. The molecule has 0 aliphatic carbocycles. The highest BCUT2D eigenvalue weighted by Gasteiger charge is 2.10. The standard InChI is InChI=1S/C14H9BrClN3OS/c15-9-3-2-8(6-10(9)16)18-13(20)7-1-4-11-12(5-7)21-14(17)19-11/h1-6H,(H2,17,19)(H,18,20). The van der Waals surface area contributed by atoms with Crippen LogP contribution in [0.4, 0.5) is 10.8 Å². The molecule has 0 atom stereocenters. The van der Waals surface area contributed by atoms with Crippen molar-refractivity contribution >= 4 is 65.8 Å². The molecule has 0 aliphatic rings. The minimum atomic E-state index is -0.206. The summed E-state index contributed by atoms with van der Waals surface area (Å²) in [4.78, 5) is 16.4. The topological polar surface area (TPSA) is 68.0 Å². The normalized spacial score (nSPS) is 10.8. The molecule has 0 spiro atoms. The lowest BCUT2D eigenvalue weighted by molar-refractivity contribution is 0.102. The third-order valence-electron chi connectivity index (χ3n) is 2.84. The molecule has 1 heterocycles. The smallest absolute Gasteiger partial charge is 0.255 e. The van der Waals surface area contributed by atoms with Crippen LogP contribution in [-0.2, 0) is 0 Å². The first kappa shape index (κ1) is 14.3. The maximum absolute atomic E-state index is 12.2. The van der Waals surface area contributed by atoms with Crippen molar-refractivity contribution in [2.24, 2.45) is 0 Å². The van der Waals surface area contributed by atoms with Gasteiger partial charge in [-0.05, 0) is 52.3 Å². The van der Waals surface area contributed by atoms with Gasteiger partial charge in [0.05, 0.1) is 15.2 Å². The predicted molar refractivity (Wildman–Crippen MR) is 91.1 cm³/mol. The van der Waals surface area contributed by atoms with Crippen molar-refractivity contribution < 1.29 is 4.79 Å². The van der Waals surface area contributed by atoms with Gasteiger partial charge in [-0.25, -0.2) is 4.98 Å². The van der Waals surface area contributed by atoms with Gasteiger partial charge in [0.2, 0.25) is 0 Å². The second-order valence-electron chi connectivity index (χ2n) is 4.32. The Bertz CT molecular complexity index is 849. The van der Waals surface area contributed by atoms with Gasteiger partial charge >= 0.3 is 0 Å². The maximum Gasteiger partial charge on any atom is 0.255 e. The summed E-state index contributed by atoms with van der Waals surface area (Å²) in [5.74, 6) is -0.206. The van der Waals surface area contributed by atoms with Crippen LogP contribution in [0.25, 0.3) is 10.2 Å². The Morgan fingerprint density at radius 2 is 2.10 bits per heavy atom. The SMILES string of the molecule is Nc1nc2ccc(C(=O)Nc3ccc(Br)c(Cl)c3)cc2s1. The number of benzene rings is 2. The third-order valence-corrected chi connectivity index (χ3v) is 4.92.